The lowest BCUT2D eigenvalue weighted by Crippen LogP contribution is -2.41. The molecule has 1 fully saturated rings. The summed E-state index contributed by atoms with van der Waals surface area (Å²) in [5, 5.41) is 8.67. The number of carbonyl (C=O) groups excluding carboxylic acids is 1. The molecule has 5 heteroatoms. The summed E-state index contributed by atoms with van der Waals surface area (Å²) in [6.45, 7) is 0.489. The van der Waals surface area contributed by atoms with Crippen molar-refractivity contribution in [3.05, 3.63) is 24.3 Å². The molecular formula is C12H12N2O3. The number of ether oxygens (including phenoxy) is 2. The second-order valence-electron chi connectivity index (χ2n) is 3.64. The predicted molar refractivity (Wildman–Crippen MR) is 60.8 cm³/mol. The quantitative estimate of drug-likeness (QED) is 0.781. The van der Waals surface area contributed by atoms with Crippen LogP contribution in [-0.4, -0.2) is 25.9 Å². The van der Waals surface area contributed by atoms with E-state index in [1.54, 1.807) is 31.4 Å². The molecule has 0 saturated carbocycles. The van der Waals surface area contributed by atoms with Crippen LogP contribution in [0.2, 0.25) is 0 Å². The Hall–Kier alpha value is -2.22. The molecule has 1 amide bonds. The Labute approximate surface area is 99.2 Å². The molecule has 0 N–H and O–H groups in total. The maximum atomic E-state index is 11.6. The number of amides is 1. The third kappa shape index (κ3) is 2.31. The summed E-state index contributed by atoms with van der Waals surface area (Å²) in [6, 6.07) is 9.06. The van der Waals surface area contributed by atoms with Gasteiger partial charge in [0.05, 0.1) is 7.11 Å². The van der Waals surface area contributed by atoms with E-state index in [9.17, 15) is 4.79 Å². The van der Waals surface area contributed by atoms with Gasteiger partial charge >= 0.3 is 6.09 Å². The topological polar surface area (TPSA) is 62.6 Å². The molecule has 1 aliphatic rings. The zero-order valence-electron chi connectivity index (χ0n) is 9.42. The van der Waals surface area contributed by atoms with Crippen LogP contribution in [0.5, 0.6) is 5.75 Å². The fourth-order valence-corrected chi connectivity index (χ4v) is 1.67. The third-order valence-electron chi connectivity index (χ3n) is 2.61. The predicted octanol–water partition coefficient (Wildman–Crippen LogP) is 1.93. The average Bonchev–Trinajstić information content (AvgIpc) is 2.39. The van der Waals surface area contributed by atoms with Crippen molar-refractivity contribution < 1.29 is 14.3 Å². The number of rotatable bonds is 2. The summed E-state index contributed by atoms with van der Waals surface area (Å²) >= 11 is 0. The molecule has 2 rings (SSSR count). The van der Waals surface area contributed by atoms with Gasteiger partial charge in [0.1, 0.15) is 11.8 Å². The lowest BCUT2D eigenvalue weighted by molar-refractivity contribution is 0.111. The number of anilines is 1. The standard InChI is InChI=1S/C12H12N2O3/c1-16-10-4-2-9(3-5-10)14-7-6-11(8-13)17-12(14)15/h2-5,11H,6-7H2,1H3. The van der Waals surface area contributed by atoms with Crippen LogP contribution in [0.15, 0.2) is 24.3 Å². The van der Waals surface area contributed by atoms with E-state index in [4.69, 9.17) is 14.7 Å². The van der Waals surface area contributed by atoms with Gasteiger partial charge in [0, 0.05) is 18.7 Å². The molecule has 0 spiro atoms. The molecule has 5 nitrogen and oxygen atoms in total. The minimum absolute atomic E-state index is 0.479. The molecule has 0 aliphatic carbocycles. The third-order valence-corrected chi connectivity index (χ3v) is 2.61. The van der Waals surface area contributed by atoms with Gasteiger partial charge in [-0.25, -0.2) is 4.79 Å². The van der Waals surface area contributed by atoms with Crippen LogP contribution in [0.3, 0.4) is 0 Å². The zero-order chi connectivity index (χ0) is 12.3. The molecule has 1 aromatic carbocycles. The number of cyclic esters (lactones) is 1. The maximum absolute atomic E-state index is 11.6. The Kier molecular flexibility index (Phi) is 3.15. The highest BCUT2D eigenvalue weighted by atomic mass is 16.6. The van der Waals surface area contributed by atoms with Crippen molar-refractivity contribution in [2.75, 3.05) is 18.6 Å². The normalized spacial score (nSPS) is 19.4. The van der Waals surface area contributed by atoms with E-state index >= 15 is 0 Å². The lowest BCUT2D eigenvalue weighted by Gasteiger charge is -2.28. The van der Waals surface area contributed by atoms with Crippen molar-refractivity contribution in [1.82, 2.24) is 0 Å². The molecule has 1 atom stereocenters. The second-order valence-corrected chi connectivity index (χ2v) is 3.64. The first kappa shape index (κ1) is 11.3. The summed E-state index contributed by atoms with van der Waals surface area (Å²) in [5.41, 5.74) is 0.743. The van der Waals surface area contributed by atoms with Gasteiger partial charge in [0.2, 0.25) is 0 Å². The van der Waals surface area contributed by atoms with Crippen molar-refractivity contribution in [1.29, 1.82) is 5.26 Å². The van der Waals surface area contributed by atoms with Gasteiger partial charge in [-0.3, -0.25) is 4.90 Å². The van der Waals surface area contributed by atoms with Crippen LogP contribution in [0.1, 0.15) is 6.42 Å². The van der Waals surface area contributed by atoms with E-state index in [0.29, 0.717) is 13.0 Å². The molecule has 1 saturated heterocycles. The van der Waals surface area contributed by atoms with E-state index in [-0.39, 0.29) is 0 Å². The van der Waals surface area contributed by atoms with Gasteiger partial charge in [-0.1, -0.05) is 0 Å². The van der Waals surface area contributed by atoms with Crippen molar-refractivity contribution in [2.24, 2.45) is 0 Å². The molecule has 0 bridgehead atoms. The average molecular weight is 232 g/mol. The Morgan fingerprint density at radius 1 is 1.47 bits per heavy atom. The van der Waals surface area contributed by atoms with Gasteiger partial charge in [-0.15, -0.1) is 0 Å². The van der Waals surface area contributed by atoms with Crippen LogP contribution in [0.25, 0.3) is 0 Å². The maximum Gasteiger partial charge on any atom is 0.415 e. The summed E-state index contributed by atoms with van der Waals surface area (Å²) < 4.78 is 9.99. The van der Waals surface area contributed by atoms with Crippen molar-refractivity contribution >= 4 is 11.8 Å². The summed E-state index contributed by atoms with van der Waals surface area (Å²) in [6.07, 6.45) is -0.584. The Morgan fingerprint density at radius 3 is 2.71 bits per heavy atom. The highest BCUT2D eigenvalue weighted by molar-refractivity contribution is 5.88. The molecule has 1 heterocycles. The summed E-state index contributed by atoms with van der Waals surface area (Å²) in [4.78, 5) is 13.1. The van der Waals surface area contributed by atoms with Crippen LogP contribution in [-0.2, 0) is 4.74 Å². The van der Waals surface area contributed by atoms with E-state index in [1.807, 2.05) is 6.07 Å². The first-order chi connectivity index (χ1) is 8.24. The van der Waals surface area contributed by atoms with E-state index in [2.05, 4.69) is 0 Å². The smallest absolute Gasteiger partial charge is 0.415 e. The second kappa shape index (κ2) is 4.74. The highest BCUT2D eigenvalue weighted by Crippen LogP contribution is 2.23. The Bertz CT molecular complexity index is 450. The number of nitriles is 1. The number of carbonyl (C=O) groups is 1. The van der Waals surface area contributed by atoms with E-state index < -0.39 is 12.2 Å². The highest BCUT2D eigenvalue weighted by Gasteiger charge is 2.27. The Morgan fingerprint density at radius 2 is 2.18 bits per heavy atom. The van der Waals surface area contributed by atoms with Crippen LogP contribution in [0, 0.1) is 11.3 Å². The molecule has 1 unspecified atom stereocenters. The fraction of sp³-hybridized carbons (Fsp3) is 0.333. The zero-order valence-corrected chi connectivity index (χ0v) is 9.42. The summed E-state index contributed by atoms with van der Waals surface area (Å²) in [7, 11) is 1.58. The molecule has 1 aliphatic heterocycles. The molecule has 1 aromatic rings. The Balaban J connectivity index is 2.12. The van der Waals surface area contributed by atoms with Crippen molar-refractivity contribution in [2.45, 2.75) is 12.5 Å². The van der Waals surface area contributed by atoms with Crippen LogP contribution < -0.4 is 9.64 Å². The fourth-order valence-electron chi connectivity index (χ4n) is 1.67. The number of benzene rings is 1. The van der Waals surface area contributed by atoms with E-state index in [0.717, 1.165) is 11.4 Å². The molecular weight excluding hydrogens is 220 g/mol. The number of hydrogen-bond donors (Lipinski definition) is 0. The summed E-state index contributed by atoms with van der Waals surface area (Å²) in [5.74, 6) is 0.731. The first-order valence-corrected chi connectivity index (χ1v) is 5.26. The van der Waals surface area contributed by atoms with Gasteiger partial charge in [-0.2, -0.15) is 5.26 Å². The first-order valence-electron chi connectivity index (χ1n) is 5.26. The molecule has 17 heavy (non-hydrogen) atoms. The van der Waals surface area contributed by atoms with Gasteiger partial charge in [0.25, 0.3) is 0 Å². The SMILES string of the molecule is COc1ccc(N2CCC(C#N)OC2=O)cc1. The van der Waals surface area contributed by atoms with Gasteiger partial charge in [0.15, 0.2) is 6.10 Å². The van der Waals surface area contributed by atoms with Crippen molar-refractivity contribution in [3.8, 4) is 11.8 Å². The van der Waals surface area contributed by atoms with Crippen LogP contribution in [0.4, 0.5) is 10.5 Å². The monoisotopic (exact) mass is 232 g/mol. The molecule has 0 radical (unpaired) electrons. The number of methoxy groups -OCH3 is 1. The minimum atomic E-state index is -0.628. The lowest BCUT2D eigenvalue weighted by atomic mass is 10.2. The van der Waals surface area contributed by atoms with E-state index in [1.165, 1.54) is 4.90 Å². The van der Waals surface area contributed by atoms with Crippen LogP contribution >= 0.6 is 0 Å². The van der Waals surface area contributed by atoms with Gasteiger partial charge < -0.3 is 9.47 Å². The number of nitrogens with zero attached hydrogens (tertiary/aromatic N) is 2. The number of hydrogen-bond acceptors (Lipinski definition) is 4. The largest absolute Gasteiger partial charge is 0.497 e. The molecule has 88 valence electrons. The molecule has 0 aromatic heterocycles. The minimum Gasteiger partial charge on any atom is -0.497 e. The van der Waals surface area contributed by atoms with Gasteiger partial charge in [-0.05, 0) is 24.3 Å². The van der Waals surface area contributed by atoms with Crippen molar-refractivity contribution in [3.63, 3.8) is 0 Å².